The SMILES string of the molecule is CCN(CCCC(=O)O)C1CCS(=O)(=O)C1. The van der Waals surface area contributed by atoms with Gasteiger partial charge in [0, 0.05) is 12.5 Å². The standard InChI is InChI=1S/C10H19NO4S/c1-2-11(6-3-4-10(12)13)9-5-7-16(14,15)8-9/h9H,2-8H2,1H3,(H,12,13). The first kappa shape index (κ1) is 13.4. The molecule has 1 heterocycles. The van der Waals surface area contributed by atoms with Gasteiger partial charge in [-0.25, -0.2) is 8.42 Å². The van der Waals surface area contributed by atoms with Crippen LogP contribution in [0.1, 0.15) is 26.2 Å². The Kier molecular flexibility index (Phi) is 4.73. The molecule has 0 aromatic heterocycles. The number of aliphatic carboxylic acids is 1. The molecule has 1 unspecified atom stereocenters. The van der Waals surface area contributed by atoms with Gasteiger partial charge in [-0.2, -0.15) is 0 Å². The summed E-state index contributed by atoms with van der Waals surface area (Å²) in [7, 11) is -2.85. The van der Waals surface area contributed by atoms with E-state index in [2.05, 4.69) is 4.90 Å². The van der Waals surface area contributed by atoms with Crippen LogP contribution in [-0.4, -0.2) is 55.0 Å². The predicted molar refractivity (Wildman–Crippen MR) is 61.2 cm³/mol. The van der Waals surface area contributed by atoms with Gasteiger partial charge in [0.2, 0.25) is 0 Å². The molecular formula is C10H19NO4S. The molecule has 16 heavy (non-hydrogen) atoms. The minimum absolute atomic E-state index is 0.0868. The van der Waals surface area contributed by atoms with Crippen LogP contribution < -0.4 is 0 Å². The van der Waals surface area contributed by atoms with E-state index in [1.165, 1.54) is 0 Å². The van der Waals surface area contributed by atoms with Crippen molar-refractivity contribution in [2.75, 3.05) is 24.6 Å². The Morgan fingerprint density at radius 2 is 2.19 bits per heavy atom. The van der Waals surface area contributed by atoms with Gasteiger partial charge in [-0.15, -0.1) is 0 Å². The normalized spacial score (nSPS) is 23.8. The van der Waals surface area contributed by atoms with E-state index < -0.39 is 15.8 Å². The molecule has 1 rings (SSSR count). The van der Waals surface area contributed by atoms with E-state index in [9.17, 15) is 13.2 Å². The smallest absolute Gasteiger partial charge is 0.303 e. The molecule has 94 valence electrons. The van der Waals surface area contributed by atoms with Crippen LogP contribution in [0.4, 0.5) is 0 Å². The van der Waals surface area contributed by atoms with Crippen LogP contribution in [0.3, 0.4) is 0 Å². The summed E-state index contributed by atoms with van der Waals surface area (Å²) in [6.45, 7) is 3.43. The zero-order valence-electron chi connectivity index (χ0n) is 9.55. The molecule has 0 amide bonds. The zero-order valence-corrected chi connectivity index (χ0v) is 10.4. The molecule has 1 aliphatic heterocycles. The molecule has 0 bridgehead atoms. The Hall–Kier alpha value is -0.620. The molecule has 1 N–H and O–H groups in total. The Morgan fingerprint density at radius 3 is 2.62 bits per heavy atom. The number of hydrogen-bond donors (Lipinski definition) is 1. The summed E-state index contributed by atoms with van der Waals surface area (Å²) >= 11 is 0. The van der Waals surface area contributed by atoms with Gasteiger partial charge in [0.25, 0.3) is 0 Å². The molecule has 0 aliphatic carbocycles. The molecule has 1 fully saturated rings. The zero-order chi connectivity index (χ0) is 12.2. The fourth-order valence-electron chi connectivity index (χ4n) is 2.10. The Bertz CT molecular complexity index is 339. The Balaban J connectivity index is 2.40. The lowest BCUT2D eigenvalue weighted by molar-refractivity contribution is -0.137. The van der Waals surface area contributed by atoms with Gasteiger partial charge in [-0.1, -0.05) is 6.92 Å². The van der Waals surface area contributed by atoms with E-state index >= 15 is 0 Å². The van der Waals surface area contributed by atoms with Gasteiger partial charge in [-0.05, 0) is 25.9 Å². The first-order valence-corrected chi connectivity index (χ1v) is 7.43. The van der Waals surface area contributed by atoms with E-state index in [-0.39, 0.29) is 24.0 Å². The molecule has 0 saturated carbocycles. The van der Waals surface area contributed by atoms with Gasteiger partial charge in [-0.3, -0.25) is 9.69 Å². The monoisotopic (exact) mass is 249 g/mol. The number of carboxylic acid groups (broad SMARTS) is 1. The lowest BCUT2D eigenvalue weighted by Gasteiger charge is -2.26. The van der Waals surface area contributed by atoms with E-state index in [0.29, 0.717) is 19.4 Å². The summed E-state index contributed by atoms with van der Waals surface area (Å²) in [5.41, 5.74) is 0. The maximum absolute atomic E-state index is 11.3. The fraction of sp³-hybridized carbons (Fsp3) is 0.900. The van der Waals surface area contributed by atoms with Crippen LogP contribution in [0.2, 0.25) is 0 Å². The average Bonchev–Trinajstić information content (AvgIpc) is 2.53. The van der Waals surface area contributed by atoms with Crippen molar-refractivity contribution in [2.45, 2.75) is 32.2 Å². The number of sulfone groups is 1. The molecule has 0 aromatic rings. The quantitative estimate of drug-likeness (QED) is 0.735. The van der Waals surface area contributed by atoms with Crippen molar-refractivity contribution in [3.8, 4) is 0 Å². The van der Waals surface area contributed by atoms with Crippen molar-refractivity contribution in [3.05, 3.63) is 0 Å². The van der Waals surface area contributed by atoms with Crippen molar-refractivity contribution in [1.82, 2.24) is 4.90 Å². The lowest BCUT2D eigenvalue weighted by atomic mass is 10.2. The van der Waals surface area contributed by atoms with Crippen LogP contribution in [0.25, 0.3) is 0 Å². The van der Waals surface area contributed by atoms with Gasteiger partial charge in [0.1, 0.15) is 0 Å². The molecular weight excluding hydrogens is 230 g/mol. The maximum atomic E-state index is 11.3. The van der Waals surface area contributed by atoms with Gasteiger partial charge < -0.3 is 5.11 Å². The molecule has 5 nitrogen and oxygen atoms in total. The number of rotatable bonds is 6. The van der Waals surface area contributed by atoms with Gasteiger partial charge in [0.05, 0.1) is 11.5 Å². The summed E-state index contributed by atoms with van der Waals surface area (Å²) < 4.78 is 22.6. The highest BCUT2D eigenvalue weighted by Crippen LogP contribution is 2.17. The first-order chi connectivity index (χ1) is 7.44. The topological polar surface area (TPSA) is 74.7 Å². The lowest BCUT2D eigenvalue weighted by Crippen LogP contribution is -2.36. The second-order valence-electron chi connectivity index (χ2n) is 4.18. The number of nitrogens with zero attached hydrogens (tertiary/aromatic N) is 1. The summed E-state index contributed by atoms with van der Waals surface area (Å²) in [6.07, 6.45) is 1.42. The first-order valence-electron chi connectivity index (χ1n) is 5.61. The minimum Gasteiger partial charge on any atom is -0.481 e. The highest BCUT2D eigenvalue weighted by atomic mass is 32.2. The van der Waals surface area contributed by atoms with Crippen LogP contribution in [0.5, 0.6) is 0 Å². The van der Waals surface area contributed by atoms with E-state index in [1.807, 2.05) is 6.92 Å². The average molecular weight is 249 g/mol. The maximum Gasteiger partial charge on any atom is 0.303 e. The van der Waals surface area contributed by atoms with E-state index in [1.54, 1.807) is 0 Å². The second-order valence-corrected chi connectivity index (χ2v) is 6.41. The highest BCUT2D eigenvalue weighted by Gasteiger charge is 2.31. The highest BCUT2D eigenvalue weighted by molar-refractivity contribution is 7.91. The largest absolute Gasteiger partial charge is 0.481 e. The van der Waals surface area contributed by atoms with E-state index in [0.717, 1.165) is 6.54 Å². The third-order valence-electron chi connectivity index (χ3n) is 2.97. The number of carbonyl (C=O) groups is 1. The molecule has 1 saturated heterocycles. The van der Waals surface area contributed by atoms with Crippen LogP contribution in [0.15, 0.2) is 0 Å². The van der Waals surface area contributed by atoms with Crippen LogP contribution in [-0.2, 0) is 14.6 Å². The molecule has 1 aliphatic rings. The number of hydrogen-bond acceptors (Lipinski definition) is 4. The van der Waals surface area contributed by atoms with Crippen molar-refractivity contribution >= 4 is 15.8 Å². The molecule has 1 atom stereocenters. The van der Waals surface area contributed by atoms with Crippen molar-refractivity contribution in [2.24, 2.45) is 0 Å². The minimum atomic E-state index is -2.85. The summed E-state index contributed by atoms with van der Waals surface area (Å²) in [5.74, 6) is -0.295. The Labute approximate surface area is 96.4 Å². The summed E-state index contributed by atoms with van der Waals surface area (Å²) in [4.78, 5) is 12.5. The van der Waals surface area contributed by atoms with E-state index in [4.69, 9.17) is 5.11 Å². The van der Waals surface area contributed by atoms with Crippen molar-refractivity contribution < 1.29 is 18.3 Å². The van der Waals surface area contributed by atoms with Crippen LogP contribution >= 0.6 is 0 Å². The van der Waals surface area contributed by atoms with Gasteiger partial charge in [0.15, 0.2) is 9.84 Å². The fourth-order valence-corrected chi connectivity index (χ4v) is 3.86. The third kappa shape index (κ3) is 4.09. The third-order valence-corrected chi connectivity index (χ3v) is 4.72. The predicted octanol–water partition coefficient (Wildman–Crippen LogP) is 0.360. The van der Waals surface area contributed by atoms with Crippen LogP contribution in [0, 0.1) is 0 Å². The molecule has 0 radical (unpaired) electrons. The number of carboxylic acids is 1. The van der Waals surface area contributed by atoms with Gasteiger partial charge >= 0.3 is 5.97 Å². The Morgan fingerprint density at radius 1 is 1.50 bits per heavy atom. The second kappa shape index (κ2) is 5.63. The van der Waals surface area contributed by atoms with Crippen molar-refractivity contribution in [1.29, 1.82) is 0 Å². The summed E-state index contributed by atoms with van der Waals surface area (Å²) in [6, 6.07) is 0.0868. The molecule has 6 heteroatoms. The molecule has 0 spiro atoms. The molecule has 0 aromatic carbocycles. The van der Waals surface area contributed by atoms with Crippen molar-refractivity contribution in [3.63, 3.8) is 0 Å². The summed E-state index contributed by atoms with van der Waals surface area (Å²) in [5, 5.41) is 8.53.